The monoisotopic (exact) mass is 574 g/mol. The number of anilines is 1. The number of aryl methyl sites for hydroxylation is 1. The Hall–Kier alpha value is -3.74. The zero-order valence-corrected chi connectivity index (χ0v) is 23.5. The number of nitrogens with zero attached hydrogens (tertiary/aromatic N) is 6. The minimum atomic E-state index is -4.50. The molecule has 9 nitrogen and oxygen atoms in total. The van der Waals surface area contributed by atoms with Gasteiger partial charge >= 0.3 is 6.18 Å². The minimum Gasteiger partial charge on any atom is -0.496 e. The van der Waals surface area contributed by atoms with Crippen LogP contribution in [-0.4, -0.2) is 71.0 Å². The van der Waals surface area contributed by atoms with Gasteiger partial charge in [0.1, 0.15) is 15.6 Å². The number of aromatic nitrogens is 5. The normalized spacial score (nSPS) is 18.6. The zero-order valence-electron chi connectivity index (χ0n) is 22.6. The first-order chi connectivity index (χ1) is 18.8. The number of alkyl halides is 3. The summed E-state index contributed by atoms with van der Waals surface area (Å²) in [5.41, 5.74) is 2.87. The van der Waals surface area contributed by atoms with Crippen LogP contribution in [0.4, 0.5) is 18.9 Å². The Balaban J connectivity index is 1.63. The van der Waals surface area contributed by atoms with E-state index >= 15 is 0 Å². The first-order valence-corrected chi connectivity index (χ1v) is 14.7. The highest BCUT2D eigenvalue weighted by molar-refractivity contribution is 7.90. The number of pyridine rings is 3. The summed E-state index contributed by atoms with van der Waals surface area (Å²) in [6, 6.07) is 6.44. The van der Waals surface area contributed by atoms with Gasteiger partial charge in [-0.15, -0.1) is 0 Å². The van der Waals surface area contributed by atoms with Crippen molar-refractivity contribution >= 4 is 26.4 Å². The Labute approximate surface area is 229 Å². The summed E-state index contributed by atoms with van der Waals surface area (Å²) < 4.78 is 72.1. The van der Waals surface area contributed by atoms with Gasteiger partial charge in [-0.3, -0.25) is 9.97 Å². The summed E-state index contributed by atoms with van der Waals surface area (Å²) in [7, 11) is -1.64. The fourth-order valence-corrected chi connectivity index (χ4v) is 6.21. The molecule has 3 atom stereocenters. The van der Waals surface area contributed by atoms with Gasteiger partial charge in [0, 0.05) is 60.0 Å². The van der Waals surface area contributed by atoms with Crippen LogP contribution in [0.3, 0.4) is 0 Å². The molecule has 0 spiro atoms. The molecular formula is C27H29F3N6O3S. The van der Waals surface area contributed by atoms with E-state index < -0.39 is 21.9 Å². The van der Waals surface area contributed by atoms with Crippen LogP contribution in [0.5, 0.6) is 5.75 Å². The average molecular weight is 575 g/mol. The average Bonchev–Trinajstić information content (AvgIpc) is 3.33. The molecule has 212 valence electrons. The Morgan fingerprint density at radius 1 is 1.18 bits per heavy atom. The van der Waals surface area contributed by atoms with Gasteiger partial charge in [-0.2, -0.15) is 18.3 Å². The number of rotatable bonds is 7. The molecule has 1 aliphatic heterocycles. The molecule has 0 amide bonds. The van der Waals surface area contributed by atoms with Crippen LogP contribution < -0.4 is 9.64 Å². The predicted octanol–water partition coefficient (Wildman–Crippen LogP) is 4.73. The van der Waals surface area contributed by atoms with Crippen LogP contribution in [0, 0.1) is 12.8 Å². The van der Waals surface area contributed by atoms with Gasteiger partial charge in [0.15, 0.2) is 5.82 Å². The number of fused-ring (bicyclic) bond motifs is 1. The molecule has 40 heavy (non-hydrogen) atoms. The van der Waals surface area contributed by atoms with Crippen molar-refractivity contribution in [3.8, 4) is 22.8 Å². The number of hydrogen-bond acceptors (Lipinski definition) is 8. The fraction of sp³-hybridized carbons (Fsp3) is 0.407. The summed E-state index contributed by atoms with van der Waals surface area (Å²) >= 11 is 0. The number of halogens is 3. The van der Waals surface area contributed by atoms with Crippen molar-refractivity contribution in [2.75, 3.05) is 30.6 Å². The molecule has 1 unspecified atom stereocenters. The minimum absolute atomic E-state index is 0.0189. The topological polar surface area (TPSA) is 103 Å². The largest absolute Gasteiger partial charge is 0.496 e. The lowest BCUT2D eigenvalue weighted by Gasteiger charge is -2.48. The highest BCUT2D eigenvalue weighted by atomic mass is 32.2. The van der Waals surface area contributed by atoms with E-state index in [1.165, 1.54) is 17.0 Å². The third-order valence-electron chi connectivity index (χ3n) is 7.46. The number of ether oxygens (including phenoxy) is 1. The molecule has 0 radical (unpaired) electrons. The van der Waals surface area contributed by atoms with Gasteiger partial charge < -0.3 is 9.64 Å². The van der Waals surface area contributed by atoms with Gasteiger partial charge in [-0.25, -0.2) is 18.1 Å². The first kappa shape index (κ1) is 27.8. The SMILES string of the molecule is COc1ccncc1-c1cc2c(cnn2-c2cc(N3C[C@H](CS(C)(=O)=O)[C@H]3C)cc(C(C)C(F)(F)F)n2)c(C)n1. The number of methoxy groups -OCH3 is 1. The number of hydrogen-bond donors (Lipinski definition) is 0. The van der Waals surface area contributed by atoms with Crippen LogP contribution in [0.2, 0.25) is 0 Å². The van der Waals surface area contributed by atoms with Crippen LogP contribution in [0.25, 0.3) is 28.0 Å². The lowest BCUT2D eigenvalue weighted by atomic mass is 9.90. The van der Waals surface area contributed by atoms with Gasteiger partial charge in [-0.1, -0.05) is 0 Å². The van der Waals surface area contributed by atoms with Crippen molar-refractivity contribution in [2.45, 2.75) is 38.9 Å². The summed E-state index contributed by atoms with van der Waals surface area (Å²) in [4.78, 5) is 15.2. The fourth-order valence-electron chi connectivity index (χ4n) is 5.05. The summed E-state index contributed by atoms with van der Waals surface area (Å²) in [6.45, 7) is 5.18. The summed E-state index contributed by atoms with van der Waals surface area (Å²) in [5.74, 6) is -1.14. The molecule has 1 aliphatic rings. The van der Waals surface area contributed by atoms with Crippen molar-refractivity contribution in [1.29, 1.82) is 0 Å². The molecule has 0 aromatic carbocycles. The molecule has 1 fully saturated rings. The van der Waals surface area contributed by atoms with E-state index in [1.807, 2.05) is 18.7 Å². The van der Waals surface area contributed by atoms with E-state index in [4.69, 9.17) is 4.74 Å². The maximum atomic E-state index is 13.8. The van der Waals surface area contributed by atoms with Gasteiger partial charge in [0.25, 0.3) is 0 Å². The Bertz CT molecular complexity index is 1690. The maximum absolute atomic E-state index is 13.8. The van der Waals surface area contributed by atoms with E-state index in [2.05, 4.69) is 20.1 Å². The van der Waals surface area contributed by atoms with Crippen molar-refractivity contribution in [2.24, 2.45) is 5.92 Å². The Morgan fingerprint density at radius 3 is 2.58 bits per heavy atom. The van der Waals surface area contributed by atoms with E-state index in [1.54, 1.807) is 43.9 Å². The second kappa shape index (κ2) is 10.0. The van der Waals surface area contributed by atoms with Crippen LogP contribution >= 0.6 is 0 Å². The zero-order chi connectivity index (χ0) is 29.0. The molecule has 13 heteroatoms. The smallest absolute Gasteiger partial charge is 0.396 e. The third-order valence-corrected chi connectivity index (χ3v) is 8.49. The molecule has 4 aromatic rings. The highest BCUT2D eigenvalue weighted by Crippen LogP contribution is 2.39. The lowest BCUT2D eigenvalue weighted by Crippen LogP contribution is -2.57. The quantitative estimate of drug-likeness (QED) is 0.312. The molecule has 5 heterocycles. The second-order valence-corrected chi connectivity index (χ2v) is 12.5. The van der Waals surface area contributed by atoms with E-state index in [0.717, 1.165) is 12.3 Å². The molecule has 4 aromatic heterocycles. The van der Waals surface area contributed by atoms with E-state index in [-0.39, 0.29) is 29.2 Å². The molecule has 0 aliphatic carbocycles. The maximum Gasteiger partial charge on any atom is 0.396 e. The standard InChI is InChI=1S/C27H29F3N6O3S/c1-15(27(28,29)30)22-8-19(35-13-18(17(35)3)14-40(5,37)38)9-26(34-22)36-24-10-23(33-16(2)20(24)12-32-36)21-11-31-7-6-25(21)39-4/h6-12,15,17-18H,13-14H2,1-5H3/t15?,17-,18-/m1/s1. The summed E-state index contributed by atoms with van der Waals surface area (Å²) in [6.07, 6.45) is 1.53. The van der Waals surface area contributed by atoms with E-state index in [9.17, 15) is 21.6 Å². The Kier molecular flexibility index (Phi) is 6.97. The van der Waals surface area contributed by atoms with Crippen molar-refractivity contribution in [3.05, 3.63) is 54.2 Å². The molecule has 0 N–H and O–H groups in total. The van der Waals surface area contributed by atoms with Crippen molar-refractivity contribution in [3.63, 3.8) is 0 Å². The predicted molar refractivity (Wildman–Crippen MR) is 146 cm³/mol. The third kappa shape index (κ3) is 5.21. The lowest BCUT2D eigenvalue weighted by molar-refractivity contribution is -0.147. The number of sulfone groups is 1. The molecule has 5 rings (SSSR count). The first-order valence-electron chi connectivity index (χ1n) is 12.6. The molecule has 1 saturated heterocycles. The van der Waals surface area contributed by atoms with Gasteiger partial charge in [0.05, 0.1) is 47.4 Å². The van der Waals surface area contributed by atoms with E-state index in [0.29, 0.717) is 40.4 Å². The summed E-state index contributed by atoms with van der Waals surface area (Å²) in [5, 5.41) is 5.20. The van der Waals surface area contributed by atoms with Crippen LogP contribution in [-0.2, 0) is 9.84 Å². The van der Waals surface area contributed by atoms with Crippen molar-refractivity contribution in [1.82, 2.24) is 24.7 Å². The highest BCUT2D eigenvalue weighted by Gasteiger charge is 2.41. The van der Waals surface area contributed by atoms with Gasteiger partial charge in [0.2, 0.25) is 0 Å². The Morgan fingerprint density at radius 2 is 1.93 bits per heavy atom. The molecule has 0 saturated carbocycles. The van der Waals surface area contributed by atoms with Crippen LogP contribution in [0.1, 0.15) is 31.2 Å². The molecule has 0 bridgehead atoms. The second-order valence-electron chi connectivity index (χ2n) is 10.3. The molecular weight excluding hydrogens is 545 g/mol. The van der Waals surface area contributed by atoms with Crippen LogP contribution in [0.15, 0.2) is 42.9 Å². The van der Waals surface area contributed by atoms with Gasteiger partial charge in [-0.05, 0) is 39.0 Å². The van der Waals surface area contributed by atoms with Crippen molar-refractivity contribution < 1.29 is 26.3 Å².